The lowest BCUT2D eigenvalue weighted by Crippen LogP contribution is -2.31. The van der Waals surface area contributed by atoms with Crippen molar-refractivity contribution >= 4 is 5.91 Å². The van der Waals surface area contributed by atoms with E-state index in [9.17, 15) is 32.6 Å². The first-order valence-electron chi connectivity index (χ1n) is 5.73. The molecule has 1 amide bonds. The third kappa shape index (κ3) is 2.61. The van der Waals surface area contributed by atoms with Gasteiger partial charge in [-0.05, 0) is 12.1 Å². The van der Waals surface area contributed by atoms with E-state index in [1.165, 1.54) is 0 Å². The fraction of sp³-hybridized carbons (Fsp3) is 0.417. The van der Waals surface area contributed by atoms with Crippen molar-refractivity contribution in [2.75, 3.05) is 13.1 Å². The zero-order valence-corrected chi connectivity index (χ0v) is 10.1. The second-order valence-electron chi connectivity index (χ2n) is 4.51. The number of amides is 1. The van der Waals surface area contributed by atoms with Gasteiger partial charge in [0.25, 0.3) is 5.91 Å². The number of aliphatic hydroxyl groups excluding tert-OH is 2. The smallest absolute Gasteiger partial charge is 0.388 e. The standard InChI is InChI=1S/C12H11F4NO3/c13-10-6(2-1-3-7(10)12(14,15)16)11(20)17-4-8(18)9(19)5-17/h1-3,8-9,18-19H,4-5H2. The fourth-order valence-electron chi connectivity index (χ4n) is 2.02. The number of likely N-dealkylation sites (tertiary alicyclic amines) is 1. The van der Waals surface area contributed by atoms with E-state index in [0.717, 1.165) is 17.0 Å². The zero-order chi connectivity index (χ0) is 15.1. The highest BCUT2D eigenvalue weighted by atomic mass is 19.4. The molecule has 1 aromatic rings. The molecule has 1 aliphatic heterocycles. The van der Waals surface area contributed by atoms with Crippen LogP contribution in [0.2, 0.25) is 0 Å². The highest BCUT2D eigenvalue weighted by Crippen LogP contribution is 2.32. The highest BCUT2D eigenvalue weighted by molar-refractivity contribution is 5.95. The molecular weight excluding hydrogens is 282 g/mol. The van der Waals surface area contributed by atoms with Crippen LogP contribution in [0.5, 0.6) is 0 Å². The molecule has 2 rings (SSSR count). The van der Waals surface area contributed by atoms with Gasteiger partial charge in [0.1, 0.15) is 5.82 Å². The van der Waals surface area contributed by atoms with Crippen molar-refractivity contribution in [2.45, 2.75) is 18.4 Å². The lowest BCUT2D eigenvalue weighted by molar-refractivity contribution is -0.140. The van der Waals surface area contributed by atoms with E-state index in [4.69, 9.17) is 0 Å². The maximum Gasteiger partial charge on any atom is 0.419 e. The van der Waals surface area contributed by atoms with Gasteiger partial charge >= 0.3 is 6.18 Å². The maximum atomic E-state index is 13.8. The summed E-state index contributed by atoms with van der Waals surface area (Å²) >= 11 is 0. The van der Waals surface area contributed by atoms with Crippen LogP contribution in [0.3, 0.4) is 0 Å². The van der Waals surface area contributed by atoms with E-state index in [1.807, 2.05) is 0 Å². The van der Waals surface area contributed by atoms with Gasteiger partial charge in [-0.25, -0.2) is 4.39 Å². The third-order valence-corrected chi connectivity index (χ3v) is 3.08. The van der Waals surface area contributed by atoms with Gasteiger partial charge in [-0.1, -0.05) is 6.07 Å². The number of β-amino-alcohol motifs (C(OH)–C–C–N with tert-alkyl or cyclic N) is 2. The quantitative estimate of drug-likeness (QED) is 0.760. The second kappa shape index (κ2) is 5.02. The van der Waals surface area contributed by atoms with Crippen LogP contribution >= 0.6 is 0 Å². The summed E-state index contributed by atoms with van der Waals surface area (Å²) in [6.45, 7) is -0.509. The molecule has 0 radical (unpaired) electrons. The molecule has 1 saturated heterocycles. The first-order valence-corrected chi connectivity index (χ1v) is 5.73. The summed E-state index contributed by atoms with van der Waals surface area (Å²) in [6, 6.07) is 2.41. The van der Waals surface area contributed by atoms with Crippen molar-refractivity contribution in [3.05, 3.63) is 35.1 Å². The Kier molecular flexibility index (Phi) is 3.70. The number of rotatable bonds is 1. The number of carbonyl (C=O) groups excluding carboxylic acids is 1. The number of carbonyl (C=O) groups is 1. The molecule has 8 heteroatoms. The van der Waals surface area contributed by atoms with Gasteiger partial charge in [-0.3, -0.25) is 4.79 Å². The van der Waals surface area contributed by atoms with E-state index < -0.39 is 41.2 Å². The normalized spacial score (nSPS) is 23.2. The Morgan fingerprint density at radius 2 is 1.75 bits per heavy atom. The van der Waals surface area contributed by atoms with Crippen LogP contribution in [-0.2, 0) is 6.18 Å². The van der Waals surface area contributed by atoms with Crippen LogP contribution in [0.1, 0.15) is 15.9 Å². The Morgan fingerprint density at radius 3 is 2.25 bits per heavy atom. The maximum absolute atomic E-state index is 13.8. The highest BCUT2D eigenvalue weighted by Gasteiger charge is 2.38. The topological polar surface area (TPSA) is 60.8 Å². The number of nitrogens with zero attached hydrogens (tertiary/aromatic N) is 1. The van der Waals surface area contributed by atoms with Gasteiger partial charge in [0.2, 0.25) is 0 Å². The molecule has 20 heavy (non-hydrogen) atoms. The Morgan fingerprint density at radius 1 is 1.20 bits per heavy atom. The fourth-order valence-corrected chi connectivity index (χ4v) is 2.02. The first-order chi connectivity index (χ1) is 9.21. The molecule has 2 unspecified atom stereocenters. The number of hydrogen-bond donors (Lipinski definition) is 2. The summed E-state index contributed by atoms with van der Waals surface area (Å²) in [7, 11) is 0. The largest absolute Gasteiger partial charge is 0.419 e. The molecule has 0 aromatic heterocycles. The Balaban J connectivity index is 2.32. The number of halogens is 4. The van der Waals surface area contributed by atoms with Crippen molar-refractivity contribution in [3.8, 4) is 0 Å². The van der Waals surface area contributed by atoms with E-state index in [2.05, 4.69) is 0 Å². The molecule has 2 N–H and O–H groups in total. The van der Waals surface area contributed by atoms with Crippen LogP contribution in [0.25, 0.3) is 0 Å². The van der Waals surface area contributed by atoms with Crippen LogP contribution in [0.4, 0.5) is 17.6 Å². The van der Waals surface area contributed by atoms with Gasteiger partial charge in [0.15, 0.2) is 0 Å². The summed E-state index contributed by atoms with van der Waals surface area (Å²) in [5.74, 6) is -2.65. The molecule has 1 aromatic carbocycles. The second-order valence-corrected chi connectivity index (χ2v) is 4.51. The first kappa shape index (κ1) is 14.7. The zero-order valence-electron chi connectivity index (χ0n) is 10.1. The van der Waals surface area contributed by atoms with Crippen molar-refractivity contribution in [1.82, 2.24) is 4.90 Å². The van der Waals surface area contributed by atoms with Crippen LogP contribution in [0.15, 0.2) is 18.2 Å². The molecule has 0 aliphatic carbocycles. The van der Waals surface area contributed by atoms with Crippen LogP contribution < -0.4 is 0 Å². The molecule has 2 atom stereocenters. The number of benzene rings is 1. The van der Waals surface area contributed by atoms with Crippen LogP contribution in [-0.4, -0.2) is 46.3 Å². The molecule has 110 valence electrons. The summed E-state index contributed by atoms with van der Waals surface area (Å²) < 4.78 is 51.4. The molecule has 1 fully saturated rings. The van der Waals surface area contributed by atoms with Crippen LogP contribution in [0, 0.1) is 5.82 Å². The van der Waals surface area contributed by atoms with Crippen molar-refractivity contribution in [1.29, 1.82) is 0 Å². The molecular formula is C12H11F4NO3. The SMILES string of the molecule is O=C(c1cccc(C(F)(F)F)c1F)N1CC(O)C(O)C1. The van der Waals surface area contributed by atoms with E-state index in [0.29, 0.717) is 6.07 Å². The Labute approximate surface area is 111 Å². The predicted octanol–water partition coefficient (Wildman–Crippen LogP) is 1.02. The van der Waals surface area contributed by atoms with Crippen molar-refractivity contribution in [3.63, 3.8) is 0 Å². The lowest BCUT2D eigenvalue weighted by Gasteiger charge is -2.17. The summed E-state index contributed by atoms with van der Waals surface area (Å²) in [5, 5.41) is 18.6. The van der Waals surface area contributed by atoms with Gasteiger partial charge < -0.3 is 15.1 Å². The number of aliphatic hydroxyl groups is 2. The minimum atomic E-state index is -4.90. The monoisotopic (exact) mass is 293 g/mol. The number of hydrogen-bond acceptors (Lipinski definition) is 3. The minimum Gasteiger partial charge on any atom is -0.388 e. The molecule has 1 heterocycles. The van der Waals surface area contributed by atoms with E-state index in [-0.39, 0.29) is 13.1 Å². The van der Waals surface area contributed by atoms with Gasteiger partial charge in [-0.15, -0.1) is 0 Å². The summed E-state index contributed by atoms with van der Waals surface area (Å²) in [5.41, 5.74) is -2.26. The number of alkyl halides is 3. The van der Waals surface area contributed by atoms with Gasteiger partial charge in [-0.2, -0.15) is 13.2 Å². The lowest BCUT2D eigenvalue weighted by atomic mass is 10.1. The van der Waals surface area contributed by atoms with Gasteiger partial charge in [0, 0.05) is 13.1 Å². The minimum absolute atomic E-state index is 0.254. The third-order valence-electron chi connectivity index (χ3n) is 3.08. The molecule has 0 spiro atoms. The van der Waals surface area contributed by atoms with E-state index in [1.54, 1.807) is 0 Å². The summed E-state index contributed by atoms with van der Waals surface area (Å²) in [6.07, 6.45) is -7.27. The molecule has 0 saturated carbocycles. The average Bonchev–Trinajstić information content (AvgIpc) is 2.67. The molecule has 1 aliphatic rings. The summed E-state index contributed by atoms with van der Waals surface area (Å²) in [4.78, 5) is 12.8. The molecule has 0 bridgehead atoms. The van der Waals surface area contributed by atoms with Crippen molar-refractivity contribution < 1.29 is 32.6 Å². The predicted molar refractivity (Wildman–Crippen MR) is 59.3 cm³/mol. The van der Waals surface area contributed by atoms with Gasteiger partial charge in [0.05, 0.1) is 23.3 Å². The Bertz CT molecular complexity index is 522. The van der Waals surface area contributed by atoms with E-state index >= 15 is 0 Å². The Hall–Kier alpha value is -1.67. The average molecular weight is 293 g/mol. The van der Waals surface area contributed by atoms with Crippen molar-refractivity contribution in [2.24, 2.45) is 0 Å². The molecule has 4 nitrogen and oxygen atoms in total.